The van der Waals surface area contributed by atoms with Crippen LogP contribution in [0.4, 0.5) is 0 Å². The number of para-hydroxylation sites is 2. The van der Waals surface area contributed by atoms with Crippen molar-refractivity contribution in [3.8, 4) is 0 Å². The van der Waals surface area contributed by atoms with E-state index in [1.54, 1.807) is 7.11 Å². The van der Waals surface area contributed by atoms with Gasteiger partial charge in [-0.25, -0.2) is 0 Å². The lowest BCUT2D eigenvalue weighted by molar-refractivity contribution is -0.160. The number of rotatable bonds is 19. The van der Waals surface area contributed by atoms with Crippen molar-refractivity contribution in [2.24, 2.45) is 0 Å². The first kappa shape index (κ1) is 38.2. The summed E-state index contributed by atoms with van der Waals surface area (Å²) in [6, 6.07) is 17.5. The fourth-order valence-corrected chi connectivity index (χ4v) is 8.37. The van der Waals surface area contributed by atoms with Gasteiger partial charge in [-0.2, -0.15) is 0 Å². The van der Waals surface area contributed by atoms with Crippen LogP contribution in [-0.2, 0) is 36.9 Å². The lowest BCUT2D eigenvalue weighted by Crippen LogP contribution is -2.35. The van der Waals surface area contributed by atoms with Gasteiger partial charge in [0.1, 0.15) is 0 Å². The minimum Gasteiger partial charge on any atom is -0.393 e. The molecule has 0 aliphatic carbocycles. The molecule has 0 spiro atoms. The van der Waals surface area contributed by atoms with Crippen LogP contribution < -0.4 is 0 Å². The van der Waals surface area contributed by atoms with E-state index in [9.17, 15) is 9.59 Å². The van der Waals surface area contributed by atoms with Crippen LogP contribution in [0.15, 0.2) is 60.9 Å². The molecule has 2 aliphatic heterocycles. The molecule has 0 radical (unpaired) electrons. The van der Waals surface area contributed by atoms with E-state index in [-0.39, 0.29) is 12.8 Å². The van der Waals surface area contributed by atoms with Gasteiger partial charge in [0.25, 0.3) is 0 Å². The third-order valence-electron chi connectivity index (χ3n) is 11.3. The lowest BCUT2D eigenvalue weighted by atomic mass is 9.89. The fourth-order valence-electron chi connectivity index (χ4n) is 8.37. The Hall–Kier alpha value is -3.50. The summed E-state index contributed by atoms with van der Waals surface area (Å²) in [5.74, 6) is 0.265. The Morgan fingerprint density at radius 2 is 1.19 bits per heavy atom. The number of carbonyl (C=O) groups excluding carboxylic acids is 2. The van der Waals surface area contributed by atoms with Crippen LogP contribution in [0.5, 0.6) is 0 Å². The maximum absolute atomic E-state index is 12.6. The molecular weight excluding hydrogens is 652 g/mol. The van der Waals surface area contributed by atoms with Crippen molar-refractivity contribution in [3.63, 3.8) is 0 Å². The first-order valence-electron chi connectivity index (χ1n) is 19.9. The minimum atomic E-state index is -0.399. The largest absolute Gasteiger partial charge is 0.393 e. The number of carbonyl (C=O) groups is 2. The number of hydrogen-bond donors (Lipinski definition) is 0. The molecule has 0 amide bonds. The maximum Gasteiger partial charge on any atom is 0.314 e. The average molecular weight is 713 g/mol. The SMILES string of the molecule is CCCCCn1cc(C2CCN(CCC(=O)OC(=O)CCCN3CCC(c4cn(CCOCCOC)c5ccccc45)CC3)CC2)c2ccccc21. The topological polar surface area (TPSA) is 78.2 Å². The number of methoxy groups -OCH3 is 1. The van der Waals surface area contributed by atoms with E-state index in [1.165, 1.54) is 52.2 Å². The Labute approximate surface area is 310 Å². The summed E-state index contributed by atoms with van der Waals surface area (Å²) < 4.78 is 20.8. The van der Waals surface area contributed by atoms with Crippen LogP contribution in [0.2, 0.25) is 0 Å². The van der Waals surface area contributed by atoms with Crippen LogP contribution in [0.1, 0.15) is 94.1 Å². The van der Waals surface area contributed by atoms with Gasteiger partial charge in [-0.1, -0.05) is 56.2 Å². The Kier molecular flexibility index (Phi) is 14.4. The van der Waals surface area contributed by atoms with Crippen molar-refractivity contribution in [1.82, 2.24) is 18.9 Å². The van der Waals surface area contributed by atoms with E-state index >= 15 is 0 Å². The molecule has 9 nitrogen and oxygen atoms in total. The molecule has 2 fully saturated rings. The molecule has 52 heavy (non-hydrogen) atoms. The first-order valence-corrected chi connectivity index (χ1v) is 19.9. The number of ether oxygens (including phenoxy) is 3. The predicted molar refractivity (Wildman–Crippen MR) is 208 cm³/mol. The number of fused-ring (bicyclic) bond motifs is 2. The van der Waals surface area contributed by atoms with E-state index < -0.39 is 11.9 Å². The van der Waals surface area contributed by atoms with E-state index in [0.29, 0.717) is 44.6 Å². The quantitative estimate of drug-likeness (QED) is 0.0559. The molecule has 0 bridgehead atoms. The van der Waals surface area contributed by atoms with Gasteiger partial charge in [0.15, 0.2) is 0 Å². The molecule has 4 aromatic rings. The number of unbranched alkanes of at least 4 members (excludes halogenated alkanes) is 2. The molecule has 9 heteroatoms. The first-order chi connectivity index (χ1) is 25.5. The van der Waals surface area contributed by atoms with Gasteiger partial charge in [-0.3, -0.25) is 9.59 Å². The van der Waals surface area contributed by atoms with E-state index in [2.05, 4.69) is 86.8 Å². The molecule has 4 heterocycles. The molecule has 282 valence electrons. The van der Waals surface area contributed by atoms with Gasteiger partial charge < -0.3 is 33.1 Å². The third-order valence-corrected chi connectivity index (χ3v) is 11.3. The molecule has 2 saturated heterocycles. The highest BCUT2D eigenvalue weighted by molar-refractivity contribution is 5.86. The van der Waals surface area contributed by atoms with Crippen molar-refractivity contribution in [2.45, 2.75) is 96.1 Å². The number of aryl methyl sites for hydroxylation is 1. The summed E-state index contributed by atoms with van der Waals surface area (Å²) in [4.78, 5) is 29.9. The second-order valence-corrected chi connectivity index (χ2v) is 14.8. The van der Waals surface area contributed by atoms with Gasteiger partial charge >= 0.3 is 11.9 Å². The van der Waals surface area contributed by atoms with Crippen LogP contribution in [0.25, 0.3) is 21.8 Å². The van der Waals surface area contributed by atoms with Gasteiger partial charge in [-0.15, -0.1) is 0 Å². The summed E-state index contributed by atoms with van der Waals surface area (Å²) in [6.07, 6.45) is 14.1. The summed E-state index contributed by atoms with van der Waals surface area (Å²) >= 11 is 0. The second-order valence-electron chi connectivity index (χ2n) is 14.8. The molecule has 2 aliphatic rings. The second kappa shape index (κ2) is 19.5. The van der Waals surface area contributed by atoms with Gasteiger partial charge in [0, 0.05) is 67.4 Å². The lowest BCUT2D eigenvalue weighted by Gasteiger charge is -2.32. The normalized spacial score (nSPS) is 16.7. The molecule has 6 rings (SSSR count). The monoisotopic (exact) mass is 712 g/mol. The maximum atomic E-state index is 12.6. The van der Waals surface area contributed by atoms with Gasteiger partial charge in [0.05, 0.1) is 26.2 Å². The van der Waals surface area contributed by atoms with E-state index in [1.807, 2.05) is 0 Å². The van der Waals surface area contributed by atoms with Crippen LogP contribution in [0.3, 0.4) is 0 Å². The molecule has 0 atom stereocenters. The molecule has 2 aromatic carbocycles. The Bertz CT molecular complexity index is 1710. The third kappa shape index (κ3) is 10.1. The zero-order valence-corrected chi connectivity index (χ0v) is 31.6. The van der Waals surface area contributed by atoms with Crippen molar-refractivity contribution < 1.29 is 23.8 Å². The highest BCUT2D eigenvalue weighted by Gasteiger charge is 2.26. The molecule has 2 aromatic heterocycles. The van der Waals surface area contributed by atoms with E-state index in [0.717, 1.165) is 71.5 Å². The smallest absolute Gasteiger partial charge is 0.314 e. The number of hydrogen-bond acceptors (Lipinski definition) is 7. The van der Waals surface area contributed by atoms with Gasteiger partial charge in [-0.05, 0) is 106 Å². The van der Waals surface area contributed by atoms with Crippen molar-refractivity contribution >= 4 is 33.7 Å². The Morgan fingerprint density at radius 3 is 1.79 bits per heavy atom. The highest BCUT2D eigenvalue weighted by atomic mass is 16.6. The highest BCUT2D eigenvalue weighted by Crippen LogP contribution is 2.36. The fraction of sp³-hybridized carbons (Fsp3) is 0.581. The molecule has 0 unspecified atom stereocenters. The Morgan fingerprint density at radius 1 is 0.635 bits per heavy atom. The van der Waals surface area contributed by atoms with Crippen LogP contribution >= 0.6 is 0 Å². The number of piperidine rings is 2. The average Bonchev–Trinajstić information content (AvgIpc) is 3.73. The summed E-state index contributed by atoms with van der Waals surface area (Å²) in [5.41, 5.74) is 5.52. The number of benzene rings is 2. The Balaban J connectivity index is 0.867. The zero-order valence-electron chi connectivity index (χ0n) is 31.6. The van der Waals surface area contributed by atoms with Crippen LogP contribution in [-0.4, -0.2) is 97.1 Å². The van der Waals surface area contributed by atoms with E-state index in [4.69, 9.17) is 14.2 Å². The summed E-state index contributed by atoms with van der Waals surface area (Å²) in [5, 5.41) is 2.73. The van der Waals surface area contributed by atoms with Crippen molar-refractivity contribution in [3.05, 3.63) is 72.1 Å². The minimum absolute atomic E-state index is 0.262. The van der Waals surface area contributed by atoms with Crippen molar-refractivity contribution in [1.29, 1.82) is 0 Å². The van der Waals surface area contributed by atoms with Crippen molar-refractivity contribution in [2.75, 3.05) is 66.2 Å². The van der Waals surface area contributed by atoms with Crippen LogP contribution in [0, 0.1) is 0 Å². The standard InChI is InChI=1S/C43H60N4O5/c1-3-4-9-22-46-32-38(36-11-5-7-13-40(36)46)35-18-25-45(26-19-35)27-20-43(49)52-42(48)15-10-21-44-23-16-34(17-24-44)39-33-47(28-29-51-31-30-50-2)41-14-8-6-12-37(39)41/h5-8,11-14,32-35H,3-4,9-10,15-31H2,1-2H3. The number of nitrogens with zero attached hydrogens (tertiary/aromatic N) is 4. The van der Waals surface area contributed by atoms with Gasteiger partial charge in [0.2, 0.25) is 0 Å². The number of aromatic nitrogens is 2. The number of likely N-dealkylation sites (tertiary alicyclic amines) is 2. The summed E-state index contributed by atoms with van der Waals surface area (Å²) in [7, 11) is 1.69. The molecule has 0 saturated carbocycles. The zero-order chi connectivity index (χ0) is 36.1. The predicted octanol–water partition coefficient (Wildman–Crippen LogP) is 7.75. The molecular formula is C43H60N4O5. The molecule has 0 N–H and O–H groups in total. The summed E-state index contributed by atoms with van der Waals surface area (Å²) in [6.45, 7) is 11.5. The number of esters is 2.